The molecular formula is C7H11FN4. The summed E-state index contributed by atoms with van der Waals surface area (Å²) < 4.78 is 13.6. The molecule has 0 atom stereocenters. The monoisotopic (exact) mass is 170 g/mol. The van der Waals surface area contributed by atoms with Crippen LogP contribution in [0.4, 0.5) is 10.2 Å². The first-order chi connectivity index (χ1) is 5.83. The number of nitrogen functional groups attached to an aromatic ring is 1. The van der Waals surface area contributed by atoms with Gasteiger partial charge >= 0.3 is 0 Å². The van der Waals surface area contributed by atoms with E-state index in [9.17, 15) is 4.39 Å². The van der Waals surface area contributed by atoms with Crippen molar-refractivity contribution < 1.29 is 4.39 Å². The first-order valence-corrected chi connectivity index (χ1v) is 4.07. The third-order valence-corrected chi connectivity index (χ3v) is 2.06. The van der Waals surface area contributed by atoms with Gasteiger partial charge in [0.1, 0.15) is 6.67 Å². The van der Waals surface area contributed by atoms with Crippen molar-refractivity contribution in [2.24, 2.45) is 0 Å². The Bertz CT molecular complexity index is 279. The minimum absolute atomic E-state index is 0.274. The van der Waals surface area contributed by atoms with Gasteiger partial charge in [-0.15, -0.1) is 5.10 Å². The Morgan fingerprint density at radius 3 is 2.92 bits per heavy atom. The van der Waals surface area contributed by atoms with Gasteiger partial charge in [0, 0.05) is 5.92 Å². The number of aryl methyl sites for hydroxylation is 1. The molecule has 66 valence electrons. The molecule has 1 aromatic rings. The highest BCUT2D eigenvalue weighted by Crippen LogP contribution is 2.41. The van der Waals surface area contributed by atoms with E-state index in [2.05, 4.69) is 10.3 Å². The number of anilines is 1. The topological polar surface area (TPSA) is 56.7 Å². The molecule has 1 aromatic heterocycles. The first kappa shape index (κ1) is 7.52. The smallest absolute Gasteiger partial charge is 0.169 e. The van der Waals surface area contributed by atoms with Gasteiger partial charge in [0.2, 0.25) is 0 Å². The summed E-state index contributed by atoms with van der Waals surface area (Å²) in [5, 5.41) is 7.49. The van der Waals surface area contributed by atoms with Gasteiger partial charge in [-0.05, 0) is 12.8 Å². The average molecular weight is 170 g/mol. The number of alkyl halides is 1. The predicted octanol–water partition coefficient (Wildman–Crippen LogP) is 0.707. The van der Waals surface area contributed by atoms with E-state index >= 15 is 0 Å². The maximum atomic E-state index is 12.0. The lowest BCUT2D eigenvalue weighted by Gasteiger charge is -2.01. The molecule has 2 N–H and O–H groups in total. The fraction of sp³-hybridized carbons (Fsp3) is 0.714. The Morgan fingerprint density at radius 2 is 2.33 bits per heavy atom. The van der Waals surface area contributed by atoms with Crippen molar-refractivity contribution >= 4 is 5.82 Å². The van der Waals surface area contributed by atoms with E-state index in [4.69, 9.17) is 5.73 Å². The Balaban J connectivity index is 2.27. The highest BCUT2D eigenvalue weighted by atomic mass is 19.1. The van der Waals surface area contributed by atoms with Gasteiger partial charge in [-0.25, -0.2) is 9.07 Å². The van der Waals surface area contributed by atoms with E-state index < -0.39 is 6.67 Å². The summed E-state index contributed by atoms with van der Waals surface area (Å²) in [6, 6.07) is 0. The van der Waals surface area contributed by atoms with Gasteiger partial charge in [-0.2, -0.15) is 0 Å². The second kappa shape index (κ2) is 2.73. The zero-order chi connectivity index (χ0) is 8.55. The summed E-state index contributed by atoms with van der Waals surface area (Å²) in [6.07, 6.45) is 2.26. The quantitative estimate of drug-likeness (QED) is 0.726. The first-order valence-electron chi connectivity index (χ1n) is 4.07. The molecule has 0 bridgehead atoms. The van der Waals surface area contributed by atoms with Gasteiger partial charge in [-0.3, -0.25) is 0 Å². The van der Waals surface area contributed by atoms with E-state index in [1.54, 1.807) is 4.68 Å². The van der Waals surface area contributed by atoms with Gasteiger partial charge in [0.15, 0.2) is 5.82 Å². The number of nitrogens with two attached hydrogens (primary N) is 1. The number of nitrogens with zero attached hydrogens (tertiary/aromatic N) is 3. The second-order valence-electron chi connectivity index (χ2n) is 3.05. The lowest BCUT2D eigenvalue weighted by Crippen LogP contribution is -2.06. The SMILES string of the molecule is Nc1nnn(CCF)c1C1CC1. The predicted molar refractivity (Wildman–Crippen MR) is 42.4 cm³/mol. The van der Waals surface area contributed by atoms with Crippen LogP contribution in [0.2, 0.25) is 0 Å². The van der Waals surface area contributed by atoms with E-state index in [0.717, 1.165) is 18.5 Å². The van der Waals surface area contributed by atoms with Crippen LogP contribution in [0.1, 0.15) is 24.5 Å². The molecule has 0 saturated heterocycles. The van der Waals surface area contributed by atoms with Gasteiger partial charge in [-0.1, -0.05) is 5.21 Å². The maximum Gasteiger partial charge on any atom is 0.169 e. The lowest BCUT2D eigenvalue weighted by atomic mass is 10.3. The molecule has 0 aliphatic heterocycles. The van der Waals surface area contributed by atoms with E-state index in [1.807, 2.05) is 0 Å². The molecule has 0 radical (unpaired) electrons. The minimum Gasteiger partial charge on any atom is -0.381 e. The summed E-state index contributed by atoms with van der Waals surface area (Å²) in [5.41, 5.74) is 6.52. The zero-order valence-corrected chi connectivity index (χ0v) is 6.70. The van der Waals surface area contributed by atoms with Crippen LogP contribution in [0.15, 0.2) is 0 Å². The fourth-order valence-corrected chi connectivity index (χ4v) is 1.36. The molecule has 4 nitrogen and oxygen atoms in total. The standard InChI is InChI=1S/C7H11FN4/c8-3-4-12-6(5-1-2-5)7(9)10-11-12/h5H,1-4,9H2. The minimum atomic E-state index is -0.414. The van der Waals surface area contributed by atoms with Crippen LogP contribution < -0.4 is 5.73 Å². The number of hydrogen-bond donors (Lipinski definition) is 1. The molecule has 0 spiro atoms. The van der Waals surface area contributed by atoms with Crippen LogP contribution in [0.3, 0.4) is 0 Å². The average Bonchev–Trinajstić information content (AvgIpc) is 2.80. The Hall–Kier alpha value is -1.13. The molecule has 1 saturated carbocycles. The highest BCUT2D eigenvalue weighted by molar-refractivity contribution is 5.38. The van der Waals surface area contributed by atoms with Crippen LogP contribution in [0, 0.1) is 0 Å². The Labute approximate surface area is 69.6 Å². The normalized spacial score (nSPS) is 16.8. The van der Waals surface area contributed by atoms with Crippen LogP contribution >= 0.6 is 0 Å². The fourth-order valence-electron chi connectivity index (χ4n) is 1.36. The van der Waals surface area contributed by atoms with Crippen LogP contribution in [0.5, 0.6) is 0 Å². The third-order valence-electron chi connectivity index (χ3n) is 2.06. The molecule has 1 fully saturated rings. The maximum absolute atomic E-state index is 12.0. The second-order valence-corrected chi connectivity index (χ2v) is 3.05. The zero-order valence-electron chi connectivity index (χ0n) is 6.70. The van der Waals surface area contributed by atoms with Gasteiger partial charge in [0.05, 0.1) is 12.2 Å². The summed E-state index contributed by atoms with van der Waals surface area (Å²) >= 11 is 0. The van der Waals surface area contributed by atoms with Crippen molar-refractivity contribution in [3.63, 3.8) is 0 Å². The van der Waals surface area contributed by atoms with Crippen LogP contribution in [-0.4, -0.2) is 21.7 Å². The molecule has 0 unspecified atom stereocenters. The largest absolute Gasteiger partial charge is 0.381 e. The number of rotatable bonds is 3. The van der Waals surface area contributed by atoms with Crippen molar-refractivity contribution in [2.45, 2.75) is 25.3 Å². The van der Waals surface area contributed by atoms with Crippen molar-refractivity contribution in [3.8, 4) is 0 Å². The number of halogens is 1. The van der Waals surface area contributed by atoms with Crippen molar-refractivity contribution in [3.05, 3.63) is 5.69 Å². The summed E-state index contributed by atoms with van der Waals surface area (Å²) in [5.74, 6) is 0.942. The highest BCUT2D eigenvalue weighted by Gasteiger charge is 2.30. The summed E-state index contributed by atoms with van der Waals surface area (Å²) in [6.45, 7) is -0.140. The van der Waals surface area contributed by atoms with Gasteiger partial charge in [0.25, 0.3) is 0 Å². The third kappa shape index (κ3) is 1.15. The molecule has 12 heavy (non-hydrogen) atoms. The molecule has 1 aliphatic rings. The van der Waals surface area contributed by atoms with Crippen molar-refractivity contribution in [1.82, 2.24) is 15.0 Å². The molecule has 2 rings (SSSR count). The molecule has 0 amide bonds. The molecule has 5 heteroatoms. The van der Waals surface area contributed by atoms with E-state index in [-0.39, 0.29) is 6.54 Å². The number of hydrogen-bond acceptors (Lipinski definition) is 3. The molecule has 1 aliphatic carbocycles. The van der Waals surface area contributed by atoms with Gasteiger partial charge < -0.3 is 5.73 Å². The number of aromatic nitrogens is 3. The van der Waals surface area contributed by atoms with Crippen molar-refractivity contribution in [2.75, 3.05) is 12.4 Å². The Kier molecular flexibility index (Phi) is 1.71. The van der Waals surface area contributed by atoms with E-state index in [0.29, 0.717) is 11.7 Å². The van der Waals surface area contributed by atoms with Crippen molar-refractivity contribution in [1.29, 1.82) is 0 Å². The summed E-state index contributed by atoms with van der Waals surface area (Å²) in [4.78, 5) is 0. The lowest BCUT2D eigenvalue weighted by molar-refractivity contribution is 0.415. The Morgan fingerprint density at radius 1 is 1.58 bits per heavy atom. The van der Waals surface area contributed by atoms with Crippen LogP contribution in [-0.2, 0) is 6.54 Å². The summed E-state index contributed by atoms with van der Waals surface area (Å²) in [7, 11) is 0. The molecule has 0 aromatic carbocycles. The molecule has 1 heterocycles. The van der Waals surface area contributed by atoms with Crippen LogP contribution in [0.25, 0.3) is 0 Å². The van der Waals surface area contributed by atoms with E-state index in [1.165, 1.54) is 0 Å². The molecular weight excluding hydrogens is 159 g/mol.